The van der Waals surface area contributed by atoms with Crippen molar-refractivity contribution in [3.63, 3.8) is 0 Å². The Labute approximate surface area is 83.0 Å². The summed E-state index contributed by atoms with van der Waals surface area (Å²) in [5, 5.41) is 11.2. The van der Waals surface area contributed by atoms with Gasteiger partial charge in [0, 0.05) is 0 Å². The SMILES string of the molecule is CCc1ccccc1OC/C(N)=N/O. The molecule has 1 aromatic rings. The van der Waals surface area contributed by atoms with E-state index in [-0.39, 0.29) is 12.4 Å². The van der Waals surface area contributed by atoms with Gasteiger partial charge in [0.1, 0.15) is 12.4 Å². The fourth-order valence-electron chi connectivity index (χ4n) is 1.12. The molecule has 0 radical (unpaired) electrons. The molecule has 1 aromatic carbocycles. The molecule has 0 saturated carbocycles. The quantitative estimate of drug-likeness (QED) is 0.329. The Morgan fingerprint density at radius 1 is 1.50 bits per heavy atom. The van der Waals surface area contributed by atoms with E-state index in [9.17, 15) is 0 Å². The van der Waals surface area contributed by atoms with Gasteiger partial charge in [-0.3, -0.25) is 0 Å². The predicted octanol–water partition coefficient (Wildman–Crippen LogP) is 1.37. The van der Waals surface area contributed by atoms with Crippen LogP contribution in [0.15, 0.2) is 29.4 Å². The normalized spacial score (nSPS) is 11.4. The molecule has 14 heavy (non-hydrogen) atoms. The van der Waals surface area contributed by atoms with Gasteiger partial charge in [-0.1, -0.05) is 30.3 Å². The molecule has 0 heterocycles. The number of hydrogen-bond donors (Lipinski definition) is 2. The molecule has 3 N–H and O–H groups in total. The van der Waals surface area contributed by atoms with Gasteiger partial charge in [-0.2, -0.15) is 0 Å². The van der Waals surface area contributed by atoms with E-state index in [4.69, 9.17) is 15.7 Å². The minimum absolute atomic E-state index is 0.0657. The Morgan fingerprint density at radius 3 is 2.86 bits per heavy atom. The minimum Gasteiger partial charge on any atom is -0.485 e. The van der Waals surface area contributed by atoms with Crippen molar-refractivity contribution in [3.05, 3.63) is 29.8 Å². The Hall–Kier alpha value is -1.71. The van der Waals surface area contributed by atoms with Crippen LogP contribution in [0.4, 0.5) is 0 Å². The third-order valence-corrected chi connectivity index (χ3v) is 1.86. The molecular formula is C10H14N2O2. The topological polar surface area (TPSA) is 67.8 Å². The molecule has 0 aliphatic rings. The van der Waals surface area contributed by atoms with E-state index in [1.807, 2.05) is 31.2 Å². The third-order valence-electron chi connectivity index (χ3n) is 1.86. The largest absolute Gasteiger partial charge is 0.485 e. The molecule has 0 spiro atoms. The van der Waals surface area contributed by atoms with E-state index < -0.39 is 0 Å². The number of benzene rings is 1. The molecule has 1 rings (SSSR count). The fourth-order valence-corrected chi connectivity index (χ4v) is 1.12. The van der Waals surface area contributed by atoms with Gasteiger partial charge < -0.3 is 15.7 Å². The first-order valence-electron chi connectivity index (χ1n) is 4.45. The van der Waals surface area contributed by atoms with Crippen molar-refractivity contribution in [2.75, 3.05) is 6.61 Å². The summed E-state index contributed by atoms with van der Waals surface area (Å²) in [6, 6.07) is 7.70. The van der Waals surface area contributed by atoms with Gasteiger partial charge in [-0.25, -0.2) is 0 Å². The highest BCUT2D eigenvalue weighted by Crippen LogP contribution is 2.17. The van der Waals surface area contributed by atoms with E-state index in [0.717, 1.165) is 17.7 Å². The second-order valence-corrected chi connectivity index (χ2v) is 2.84. The zero-order valence-corrected chi connectivity index (χ0v) is 8.10. The summed E-state index contributed by atoms with van der Waals surface area (Å²) in [5.74, 6) is 0.845. The first-order chi connectivity index (χ1) is 6.77. The number of rotatable bonds is 4. The Bertz CT molecular complexity index is 324. The van der Waals surface area contributed by atoms with Crippen LogP contribution in [0.25, 0.3) is 0 Å². The van der Waals surface area contributed by atoms with Crippen LogP contribution in [0.1, 0.15) is 12.5 Å². The highest BCUT2D eigenvalue weighted by molar-refractivity contribution is 5.81. The second kappa shape index (κ2) is 5.11. The second-order valence-electron chi connectivity index (χ2n) is 2.84. The molecule has 0 unspecified atom stereocenters. The summed E-state index contributed by atoms with van der Waals surface area (Å²) in [7, 11) is 0. The van der Waals surface area contributed by atoms with Crippen molar-refractivity contribution in [2.24, 2.45) is 10.9 Å². The summed E-state index contributed by atoms with van der Waals surface area (Å²) < 4.78 is 5.36. The van der Waals surface area contributed by atoms with Crippen LogP contribution in [0.2, 0.25) is 0 Å². The number of amidine groups is 1. The molecule has 0 fully saturated rings. The fraction of sp³-hybridized carbons (Fsp3) is 0.300. The zero-order chi connectivity index (χ0) is 10.4. The minimum atomic E-state index is 0.0657. The first kappa shape index (κ1) is 10.4. The third kappa shape index (κ3) is 2.65. The van der Waals surface area contributed by atoms with Gasteiger partial charge in [0.25, 0.3) is 0 Å². The molecule has 4 nitrogen and oxygen atoms in total. The summed E-state index contributed by atoms with van der Waals surface area (Å²) in [6.45, 7) is 2.15. The number of para-hydroxylation sites is 1. The Balaban J connectivity index is 2.66. The standard InChI is InChI=1S/C10H14N2O2/c1-2-8-5-3-4-6-9(8)14-7-10(11)12-13/h3-6,13H,2,7H2,1H3,(H2,11,12). The summed E-state index contributed by atoms with van der Waals surface area (Å²) in [5.41, 5.74) is 6.40. The lowest BCUT2D eigenvalue weighted by Gasteiger charge is -2.08. The average molecular weight is 194 g/mol. The average Bonchev–Trinajstić information content (AvgIpc) is 2.26. The highest BCUT2D eigenvalue weighted by atomic mass is 16.5. The van der Waals surface area contributed by atoms with E-state index in [1.54, 1.807) is 0 Å². The van der Waals surface area contributed by atoms with Crippen LogP contribution in [-0.4, -0.2) is 17.6 Å². The van der Waals surface area contributed by atoms with Crippen LogP contribution in [0.3, 0.4) is 0 Å². The number of nitrogens with zero attached hydrogens (tertiary/aromatic N) is 1. The summed E-state index contributed by atoms with van der Waals surface area (Å²) in [4.78, 5) is 0. The molecule has 0 aliphatic carbocycles. The van der Waals surface area contributed by atoms with Gasteiger partial charge in [-0.05, 0) is 18.1 Å². The molecule has 4 heteroatoms. The van der Waals surface area contributed by atoms with Crippen LogP contribution < -0.4 is 10.5 Å². The zero-order valence-electron chi connectivity index (χ0n) is 8.10. The smallest absolute Gasteiger partial charge is 0.177 e. The van der Waals surface area contributed by atoms with Crippen LogP contribution in [0, 0.1) is 0 Å². The molecule has 76 valence electrons. The van der Waals surface area contributed by atoms with E-state index >= 15 is 0 Å². The van der Waals surface area contributed by atoms with Crippen LogP contribution in [0.5, 0.6) is 5.75 Å². The van der Waals surface area contributed by atoms with Crippen molar-refractivity contribution < 1.29 is 9.94 Å². The summed E-state index contributed by atoms with van der Waals surface area (Å²) >= 11 is 0. The van der Waals surface area contributed by atoms with E-state index in [1.165, 1.54) is 0 Å². The van der Waals surface area contributed by atoms with Crippen molar-refractivity contribution in [1.82, 2.24) is 0 Å². The van der Waals surface area contributed by atoms with Crippen LogP contribution >= 0.6 is 0 Å². The lowest BCUT2D eigenvalue weighted by molar-refractivity contribution is 0.306. The molecule has 0 bridgehead atoms. The molecular weight excluding hydrogens is 180 g/mol. The van der Waals surface area contributed by atoms with Gasteiger partial charge in [0.05, 0.1) is 0 Å². The lowest BCUT2D eigenvalue weighted by atomic mass is 10.1. The number of aryl methyl sites for hydroxylation is 1. The monoisotopic (exact) mass is 194 g/mol. The number of ether oxygens (including phenoxy) is 1. The lowest BCUT2D eigenvalue weighted by Crippen LogP contribution is -2.21. The van der Waals surface area contributed by atoms with Crippen molar-refractivity contribution >= 4 is 5.84 Å². The highest BCUT2D eigenvalue weighted by Gasteiger charge is 2.01. The predicted molar refractivity (Wildman–Crippen MR) is 54.7 cm³/mol. The van der Waals surface area contributed by atoms with Gasteiger partial charge in [0.15, 0.2) is 5.84 Å². The van der Waals surface area contributed by atoms with Gasteiger partial charge in [-0.15, -0.1) is 0 Å². The molecule has 0 saturated heterocycles. The molecule has 0 atom stereocenters. The molecule has 0 amide bonds. The Morgan fingerprint density at radius 2 is 2.21 bits per heavy atom. The maximum Gasteiger partial charge on any atom is 0.177 e. The van der Waals surface area contributed by atoms with Crippen molar-refractivity contribution in [2.45, 2.75) is 13.3 Å². The number of hydrogen-bond acceptors (Lipinski definition) is 3. The summed E-state index contributed by atoms with van der Waals surface area (Å²) in [6.07, 6.45) is 0.895. The first-order valence-corrected chi connectivity index (χ1v) is 4.45. The Kier molecular flexibility index (Phi) is 3.79. The van der Waals surface area contributed by atoms with E-state index in [2.05, 4.69) is 5.16 Å². The van der Waals surface area contributed by atoms with Crippen LogP contribution in [-0.2, 0) is 6.42 Å². The van der Waals surface area contributed by atoms with Gasteiger partial charge in [0.2, 0.25) is 0 Å². The van der Waals surface area contributed by atoms with Gasteiger partial charge >= 0.3 is 0 Å². The van der Waals surface area contributed by atoms with Crippen molar-refractivity contribution in [3.8, 4) is 5.75 Å². The van der Waals surface area contributed by atoms with Crippen molar-refractivity contribution in [1.29, 1.82) is 0 Å². The molecule has 0 aliphatic heterocycles. The maximum atomic E-state index is 8.32. The number of oxime groups is 1. The molecule has 0 aromatic heterocycles. The van der Waals surface area contributed by atoms with E-state index in [0.29, 0.717) is 0 Å². The number of nitrogens with two attached hydrogens (primary N) is 1. The maximum absolute atomic E-state index is 8.32.